The largest absolute Gasteiger partial charge is 0.394 e. The van der Waals surface area contributed by atoms with E-state index in [-0.39, 0.29) is 5.82 Å². The Morgan fingerprint density at radius 3 is 2.78 bits per heavy atom. The summed E-state index contributed by atoms with van der Waals surface area (Å²) < 4.78 is 5.59. The van der Waals surface area contributed by atoms with E-state index in [2.05, 4.69) is 30.6 Å². The van der Waals surface area contributed by atoms with E-state index in [0.29, 0.717) is 11.2 Å². The topological polar surface area (TPSA) is 212 Å². The molecule has 3 rings (SSSR count). The van der Waals surface area contributed by atoms with Gasteiger partial charge >= 0.3 is 0 Å². The molecule has 0 aromatic carbocycles. The lowest BCUT2D eigenvalue weighted by molar-refractivity contribution is -0.185. The van der Waals surface area contributed by atoms with Crippen LogP contribution in [-0.2, 0) is 9.53 Å². The van der Waals surface area contributed by atoms with Crippen molar-refractivity contribution in [2.75, 3.05) is 18.5 Å². The number of ether oxygens (including phenoxy) is 1. The van der Waals surface area contributed by atoms with Gasteiger partial charge in [0.05, 0.1) is 25.6 Å². The van der Waals surface area contributed by atoms with Crippen LogP contribution in [0, 0.1) is 0 Å². The number of rotatable bonds is 6. The Balaban J connectivity index is 1.76. The van der Waals surface area contributed by atoms with Crippen LogP contribution in [0.4, 0.5) is 5.82 Å². The molecule has 2 aromatic heterocycles. The van der Waals surface area contributed by atoms with Crippen LogP contribution >= 0.6 is 0 Å². The van der Waals surface area contributed by atoms with Gasteiger partial charge in [0.1, 0.15) is 36.2 Å². The molecule has 0 saturated carbocycles. The summed E-state index contributed by atoms with van der Waals surface area (Å²) in [6.45, 7) is -1.15. The van der Waals surface area contributed by atoms with E-state index < -0.39 is 55.7 Å². The molecule has 2 aromatic rings. The predicted molar refractivity (Wildman–Crippen MR) is 90.1 cm³/mol. The number of imidazole rings is 1. The number of nitrogens with one attached hydrogen (secondary N) is 3. The van der Waals surface area contributed by atoms with Crippen molar-refractivity contribution in [3.05, 3.63) is 12.7 Å². The Kier molecular flexibility index (Phi) is 5.79. The maximum atomic E-state index is 11.9. The number of aromatic amines is 1. The average molecular weight is 383 g/mol. The van der Waals surface area contributed by atoms with Gasteiger partial charge in [-0.15, -0.1) is 0 Å². The molecule has 0 aliphatic carbocycles. The number of aliphatic hydroxyl groups excluding tert-OH is 4. The highest BCUT2D eigenvalue weighted by Crippen LogP contribution is 2.24. The minimum Gasteiger partial charge on any atom is -0.394 e. The summed E-state index contributed by atoms with van der Waals surface area (Å²) in [4.78, 5) is 26.7. The molecule has 0 spiro atoms. The lowest BCUT2D eigenvalue weighted by atomic mass is 9.95. The number of aliphatic hydroxyl groups is 4. The second kappa shape index (κ2) is 8.08. The van der Waals surface area contributed by atoms with E-state index in [9.17, 15) is 20.1 Å². The smallest absolute Gasteiger partial charge is 0.239 e. The molecule has 1 fully saturated rings. The highest BCUT2D eigenvalue weighted by molar-refractivity contribution is 5.82. The summed E-state index contributed by atoms with van der Waals surface area (Å²) in [6.07, 6.45) is -2.46. The summed E-state index contributed by atoms with van der Waals surface area (Å²) in [5.74, 6) is -0.479. The maximum Gasteiger partial charge on any atom is 0.239 e. The van der Waals surface area contributed by atoms with Crippen molar-refractivity contribution in [2.45, 2.75) is 36.6 Å². The Morgan fingerprint density at radius 1 is 1.30 bits per heavy atom. The molecule has 13 heteroatoms. The molecule has 148 valence electrons. The Morgan fingerprint density at radius 2 is 2.07 bits per heavy atom. The lowest BCUT2D eigenvalue weighted by Gasteiger charge is -2.43. The van der Waals surface area contributed by atoms with Crippen LogP contribution in [0.25, 0.3) is 11.2 Å². The summed E-state index contributed by atoms with van der Waals surface area (Å²) >= 11 is 0. The van der Waals surface area contributed by atoms with E-state index in [0.717, 1.165) is 0 Å². The third-order valence-corrected chi connectivity index (χ3v) is 4.27. The van der Waals surface area contributed by atoms with E-state index in [1.165, 1.54) is 12.7 Å². The Hall–Kier alpha value is -2.42. The first-order valence-corrected chi connectivity index (χ1v) is 8.16. The van der Waals surface area contributed by atoms with Crippen LogP contribution in [-0.4, -0.2) is 96.1 Å². The van der Waals surface area contributed by atoms with Gasteiger partial charge in [0.2, 0.25) is 5.91 Å². The number of amides is 1. The van der Waals surface area contributed by atoms with Gasteiger partial charge in [-0.2, -0.15) is 0 Å². The molecule has 1 amide bonds. The van der Waals surface area contributed by atoms with E-state index >= 15 is 0 Å². The molecule has 1 saturated heterocycles. The fourth-order valence-electron chi connectivity index (χ4n) is 2.78. The van der Waals surface area contributed by atoms with Crippen molar-refractivity contribution in [3.63, 3.8) is 0 Å². The van der Waals surface area contributed by atoms with Gasteiger partial charge in [0.25, 0.3) is 0 Å². The zero-order valence-electron chi connectivity index (χ0n) is 14.1. The van der Waals surface area contributed by atoms with E-state index in [1.807, 2.05) is 0 Å². The maximum absolute atomic E-state index is 11.9. The van der Waals surface area contributed by atoms with E-state index in [1.54, 1.807) is 0 Å². The second-order valence-corrected chi connectivity index (χ2v) is 6.05. The van der Waals surface area contributed by atoms with Gasteiger partial charge in [0.15, 0.2) is 17.7 Å². The minimum absolute atomic E-state index is 0.273. The van der Waals surface area contributed by atoms with Gasteiger partial charge in [-0.25, -0.2) is 15.0 Å². The van der Waals surface area contributed by atoms with Crippen LogP contribution in [0.1, 0.15) is 0 Å². The first-order valence-electron chi connectivity index (χ1n) is 8.16. The number of carbonyl (C=O) groups excluding carboxylic acids is 1. The third-order valence-electron chi connectivity index (χ3n) is 4.27. The van der Waals surface area contributed by atoms with Gasteiger partial charge in [-0.05, 0) is 0 Å². The standard InChI is InChI=1S/C14H21N7O6/c15-5(1-22)13(26)20-7-6(2-23)27-14(10(25)9(7)24)21-12-8-11(17-3-16-8)18-4-19-12/h3-7,9-10,14,22-25H,1-2,15H2,(H,20,26)(H2,16,17,18,19,21)/t5-,6+,7+,9-,10+,14+/m1/s1. The summed E-state index contributed by atoms with van der Waals surface area (Å²) in [7, 11) is 0. The third kappa shape index (κ3) is 3.83. The first kappa shape index (κ1) is 19.3. The average Bonchev–Trinajstić information content (AvgIpc) is 3.16. The Labute approximate surface area is 152 Å². The molecule has 1 aliphatic rings. The molecule has 0 radical (unpaired) electrons. The summed E-state index contributed by atoms with van der Waals surface area (Å²) in [5.41, 5.74) is 6.28. The number of hydrogen-bond donors (Lipinski definition) is 8. The number of anilines is 1. The number of nitrogens with two attached hydrogens (primary N) is 1. The molecular formula is C14H21N7O6. The molecule has 0 unspecified atom stereocenters. The quantitative estimate of drug-likeness (QED) is 0.241. The summed E-state index contributed by atoms with van der Waals surface area (Å²) in [6, 6.07) is -2.34. The normalized spacial score (nSPS) is 29.4. The molecule has 13 nitrogen and oxygen atoms in total. The van der Waals surface area contributed by atoms with Gasteiger partial charge in [-0.3, -0.25) is 4.79 Å². The van der Waals surface area contributed by atoms with Crippen LogP contribution in [0.5, 0.6) is 0 Å². The van der Waals surface area contributed by atoms with Crippen molar-refractivity contribution in [1.29, 1.82) is 0 Å². The molecule has 1 aliphatic heterocycles. The number of aromatic nitrogens is 4. The van der Waals surface area contributed by atoms with Crippen molar-refractivity contribution < 1.29 is 30.0 Å². The lowest BCUT2D eigenvalue weighted by Crippen LogP contribution is -2.67. The second-order valence-electron chi connectivity index (χ2n) is 6.05. The number of carbonyl (C=O) groups is 1. The number of fused-ring (bicyclic) bond motifs is 1. The van der Waals surface area contributed by atoms with Gasteiger partial charge in [-0.1, -0.05) is 0 Å². The number of H-pyrrole nitrogens is 1. The fourth-order valence-corrected chi connectivity index (χ4v) is 2.78. The monoisotopic (exact) mass is 383 g/mol. The van der Waals surface area contributed by atoms with Crippen LogP contribution < -0.4 is 16.4 Å². The molecular weight excluding hydrogens is 362 g/mol. The molecule has 0 bridgehead atoms. The van der Waals surface area contributed by atoms with Gasteiger partial charge < -0.3 is 46.5 Å². The van der Waals surface area contributed by atoms with Crippen LogP contribution in [0.15, 0.2) is 12.7 Å². The van der Waals surface area contributed by atoms with E-state index in [4.69, 9.17) is 15.6 Å². The van der Waals surface area contributed by atoms with Crippen molar-refractivity contribution in [1.82, 2.24) is 25.3 Å². The van der Waals surface area contributed by atoms with Crippen molar-refractivity contribution >= 4 is 22.9 Å². The molecule has 9 N–H and O–H groups in total. The molecule has 3 heterocycles. The van der Waals surface area contributed by atoms with Crippen LogP contribution in [0.3, 0.4) is 0 Å². The summed E-state index contributed by atoms with van der Waals surface area (Å²) in [5, 5.41) is 44.5. The SMILES string of the molecule is N[C@H](CO)C(=O)N[C@@H]1[C@@H](O)[C@H](O)[C@@H](Nc2ncnc3nc[nH]c23)O[C@H]1CO. The molecule has 6 atom stereocenters. The zero-order valence-corrected chi connectivity index (χ0v) is 14.1. The predicted octanol–water partition coefficient (Wildman–Crippen LogP) is -3.99. The molecule has 27 heavy (non-hydrogen) atoms. The number of hydrogen-bond acceptors (Lipinski definition) is 11. The van der Waals surface area contributed by atoms with Crippen molar-refractivity contribution in [2.24, 2.45) is 5.73 Å². The van der Waals surface area contributed by atoms with Crippen molar-refractivity contribution in [3.8, 4) is 0 Å². The van der Waals surface area contributed by atoms with Gasteiger partial charge in [0, 0.05) is 0 Å². The first-order chi connectivity index (χ1) is 13.0. The Bertz CT molecular complexity index is 786. The number of nitrogens with zero attached hydrogens (tertiary/aromatic N) is 3. The van der Waals surface area contributed by atoms with Crippen LogP contribution in [0.2, 0.25) is 0 Å². The highest BCUT2D eigenvalue weighted by atomic mass is 16.5. The zero-order chi connectivity index (χ0) is 19.6. The minimum atomic E-state index is -1.48. The fraction of sp³-hybridized carbons (Fsp3) is 0.571. The highest BCUT2D eigenvalue weighted by Gasteiger charge is 2.45.